The molecule has 0 spiro atoms. The molecule has 1 heterocycles. The molecule has 1 aliphatic carbocycles. The molecule has 26 heavy (non-hydrogen) atoms. The van der Waals surface area contributed by atoms with Crippen LogP contribution in [0.2, 0.25) is 0 Å². The Hall–Kier alpha value is -2.28. The van der Waals surface area contributed by atoms with E-state index in [1.54, 1.807) is 0 Å². The number of nitrogens with one attached hydrogen (secondary N) is 2. The molecule has 1 fully saturated rings. The lowest BCUT2D eigenvalue weighted by Gasteiger charge is -2.22. The van der Waals surface area contributed by atoms with Crippen molar-refractivity contribution in [2.24, 2.45) is 0 Å². The fourth-order valence-corrected chi connectivity index (χ4v) is 3.78. The van der Waals surface area contributed by atoms with E-state index in [2.05, 4.69) is 15.6 Å². The molecule has 0 radical (unpaired) electrons. The molecule has 1 saturated carbocycles. The number of aryl methyl sites for hydroxylation is 1. The van der Waals surface area contributed by atoms with E-state index in [-0.39, 0.29) is 17.6 Å². The van der Waals surface area contributed by atoms with E-state index >= 15 is 0 Å². The number of hydrogen-bond acceptors (Lipinski definition) is 4. The normalized spacial score (nSPS) is 14.8. The number of thiazole rings is 1. The minimum atomic E-state index is -0.385. The van der Waals surface area contributed by atoms with E-state index in [1.807, 2.05) is 5.38 Å². The highest BCUT2D eigenvalue weighted by Gasteiger charge is 2.16. The minimum Gasteiger partial charge on any atom is -0.353 e. The Morgan fingerprint density at radius 3 is 2.62 bits per heavy atom. The molecule has 1 aromatic heterocycles. The Morgan fingerprint density at radius 1 is 1.15 bits per heavy atom. The lowest BCUT2D eigenvalue weighted by molar-refractivity contribution is -0.122. The van der Waals surface area contributed by atoms with Crippen molar-refractivity contribution in [1.29, 1.82) is 0 Å². The van der Waals surface area contributed by atoms with Gasteiger partial charge in [-0.05, 0) is 43.5 Å². The molecular weight excluding hydrogens is 353 g/mol. The van der Waals surface area contributed by atoms with Crippen LogP contribution < -0.4 is 10.6 Å². The first-order valence-corrected chi connectivity index (χ1v) is 9.79. The number of carbonyl (C=O) groups is 2. The summed E-state index contributed by atoms with van der Waals surface area (Å²) in [4.78, 5) is 28.5. The molecule has 0 atom stereocenters. The lowest BCUT2D eigenvalue weighted by atomic mass is 9.95. The molecule has 0 saturated heterocycles. The van der Waals surface area contributed by atoms with Gasteiger partial charge in [0.1, 0.15) is 5.82 Å². The van der Waals surface area contributed by atoms with E-state index < -0.39 is 0 Å². The second-order valence-electron chi connectivity index (χ2n) is 6.51. The monoisotopic (exact) mass is 375 g/mol. The van der Waals surface area contributed by atoms with Crippen molar-refractivity contribution in [2.75, 3.05) is 5.32 Å². The summed E-state index contributed by atoms with van der Waals surface area (Å²) in [6.07, 6.45) is 6.72. The molecule has 7 heteroatoms. The van der Waals surface area contributed by atoms with E-state index in [4.69, 9.17) is 0 Å². The van der Waals surface area contributed by atoms with Gasteiger partial charge in [-0.1, -0.05) is 19.3 Å². The average molecular weight is 375 g/mol. The predicted octanol–water partition coefficient (Wildman–Crippen LogP) is 3.92. The van der Waals surface area contributed by atoms with E-state index in [9.17, 15) is 14.0 Å². The summed E-state index contributed by atoms with van der Waals surface area (Å²) in [5.41, 5.74) is 1.15. The van der Waals surface area contributed by atoms with Crippen LogP contribution in [0, 0.1) is 5.82 Å². The van der Waals surface area contributed by atoms with Crippen molar-refractivity contribution < 1.29 is 14.0 Å². The predicted molar refractivity (Wildman–Crippen MR) is 99.8 cm³/mol. The van der Waals surface area contributed by atoms with Gasteiger partial charge in [0, 0.05) is 23.4 Å². The second kappa shape index (κ2) is 8.89. The average Bonchev–Trinajstić information content (AvgIpc) is 3.09. The summed E-state index contributed by atoms with van der Waals surface area (Å²) >= 11 is 1.31. The van der Waals surface area contributed by atoms with Gasteiger partial charge < -0.3 is 5.32 Å². The molecule has 0 aliphatic heterocycles. The Morgan fingerprint density at radius 2 is 1.88 bits per heavy atom. The van der Waals surface area contributed by atoms with Crippen molar-refractivity contribution in [3.8, 4) is 0 Å². The zero-order valence-corrected chi connectivity index (χ0v) is 15.3. The van der Waals surface area contributed by atoms with Crippen LogP contribution in [0.25, 0.3) is 0 Å². The van der Waals surface area contributed by atoms with Gasteiger partial charge >= 0.3 is 0 Å². The van der Waals surface area contributed by atoms with E-state index in [0.717, 1.165) is 18.5 Å². The highest BCUT2D eigenvalue weighted by Crippen LogP contribution is 2.19. The number of benzene rings is 1. The fourth-order valence-electron chi connectivity index (χ4n) is 3.04. The largest absolute Gasteiger partial charge is 0.353 e. The standard InChI is InChI=1S/C19H22FN3O2S/c20-14-8-6-13(7-9-14)18(25)23-19-22-16(12-26-19)10-11-17(24)21-15-4-2-1-3-5-15/h6-9,12,15H,1-5,10-11H2,(H,21,24)(H,22,23,25). The Kier molecular flexibility index (Phi) is 6.33. The number of amides is 2. The number of carbonyl (C=O) groups excluding carboxylic acids is 2. The summed E-state index contributed by atoms with van der Waals surface area (Å²) in [6, 6.07) is 5.65. The molecule has 2 aromatic rings. The molecule has 1 aliphatic rings. The number of halogens is 1. The first-order chi connectivity index (χ1) is 12.6. The van der Waals surface area contributed by atoms with Crippen LogP contribution in [0.1, 0.15) is 54.6 Å². The third-order valence-electron chi connectivity index (χ3n) is 4.46. The molecule has 3 rings (SSSR count). The van der Waals surface area contributed by atoms with Crippen molar-refractivity contribution in [2.45, 2.75) is 51.0 Å². The maximum Gasteiger partial charge on any atom is 0.257 e. The first-order valence-electron chi connectivity index (χ1n) is 8.91. The van der Waals surface area contributed by atoms with Gasteiger partial charge in [-0.2, -0.15) is 0 Å². The van der Waals surface area contributed by atoms with Crippen molar-refractivity contribution in [3.05, 3.63) is 46.7 Å². The Bertz CT molecular complexity index is 754. The molecule has 1 aromatic carbocycles. The highest BCUT2D eigenvalue weighted by molar-refractivity contribution is 7.14. The van der Waals surface area contributed by atoms with Gasteiger partial charge in [0.15, 0.2) is 5.13 Å². The molecule has 2 amide bonds. The Labute approximate surface area is 156 Å². The van der Waals surface area contributed by atoms with Crippen LogP contribution in [-0.4, -0.2) is 22.8 Å². The third-order valence-corrected chi connectivity index (χ3v) is 5.26. The highest BCUT2D eigenvalue weighted by atomic mass is 32.1. The van der Waals surface area contributed by atoms with Crippen LogP contribution in [0.4, 0.5) is 9.52 Å². The number of aromatic nitrogens is 1. The van der Waals surface area contributed by atoms with Crippen LogP contribution in [-0.2, 0) is 11.2 Å². The lowest BCUT2D eigenvalue weighted by Crippen LogP contribution is -2.36. The summed E-state index contributed by atoms with van der Waals surface area (Å²) in [5.74, 6) is -0.660. The maximum atomic E-state index is 12.9. The summed E-state index contributed by atoms with van der Waals surface area (Å²) in [5, 5.41) is 8.10. The molecule has 0 unspecified atom stereocenters. The topological polar surface area (TPSA) is 71.1 Å². The zero-order chi connectivity index (χ0) is 18.4. The first kappa shape index (κ1) is 18.5. The number of nitrogens with zero attached hydrogens (tertiary/aromatic N) is 1. The van der Waals surface area contributed by atoms with Crippen molar-refractivity contribution in [3.63, 3.8) is 0 Å². The SMILES string of the molecule is O=C(CCc1csc(NC(=O)c2ccc(F)cc2)n1)NC1CCCCC1. The van der Waals surface area contributed by atoms with Crippen LogP contribution in [0.3, 0.4) is 0 Å². The molecular formula is C19H22FN3O2S. The zero-order valence-electron chi connectivity index (χ0n) is 14.5. The van der Waals surface area contributed by atoms with Crippen LogP contribution in [0.15, 0.2) is 29.6 Å². The fraction of sp³-hybridized carbons (Fsp3) is 0.421. The van der Waals surface area contributed by atoms with Gasteiger partial charge in [0.2, 0.25) is 5.91 Å². The molecule has 0 bridgehead atoms. The smallest absolute Gasteiger partial charge is 0.257 e. The van der Waals surface area contributed by atoms with Crippen LogP contribution >= 0.6 is 11.3 Å². The van der Waals surface area contributed by atoms with Gasteiger partial charge in [0.25, 0.3) is 5.91 Å². The van der Waals surface area contributed by atoms with Gasteiger partial charge in [-0.25, -0.2) is 9.37 Å². The maximum absolute atomic E-state index is 12.9. The van der Waals surface area contributed by atoms with Gasteiger partial charge in [0.05, 0.1) is 5.69 Å². The van der Waals surface area contributed by atoms with E-state index in [1.165, 1.54) is 54.9 Å². The summed E-state index contributed by atoms with van der Waals surface area (Å²) in [6.45, 7) is 0. The number of anilines is 1. The summed E-state index contributed by atoms with van der Waals surface area (Å²) in [7, 11) is 0. The number of hydrogen-bond donors (Lipinski definition) is 2. The third kappa shape index (κ3) is 5.36. The Balaban J connectivity index is 1.46. The molecule has 5 nitrogen and oxygen atoms in total. The van der Waals surface area contributed by atoms with E-state index in [0.29, 0.717) is 29.6 Å². The van der Waals surface area contributed by atoms with Gasteiger partial charge in [-0.3, -0.25) is 14.9 Å². The minimum absolute atomic E-state index is 0.0572. The number of rotatable bonds is 6. The molecule has 138 valence electrons. The molecule has 2 N–H and O–H groups in total. The van der Waals surface area contributed by atoms with Crippen molar-refractivity contribution >= 4 is 28.3 Å². The van der Waals surface area contributed by atoms with Crippen molar-refractivity contribution in [1.82, 2.24) is 10.3 Å². The quantitative estimate of drug-likeness (QED) is 0.804. The second-order valence-corrected chi connectivity index (χ2v) is 7.37. The van der Waals surface area contributed by atoms with Gasteiger partial charge in [-0.15, -0.1) is 11.3 Å². The van der Waals surface area contributed by atoms with Crippen LogP contribution in [0.5, 0.6) is 0 Å². The summed E-state index contributed by atoms with van der Waals surface area (Å²) < 4.78 is 12.9.